The molecular formula is C9H8I2O3. The molecule has 0 amide bonds. The molecule has 0 spiro atoms. The highest BCUT2D eigenvalue weighted by Gasteiger charge is 2.15. The van der Waals surface area contributed by atoms with Crippen LogP contribution in [0.5, 0.6) is 5.75 Å². The van der Waals surface area contributed by atoms with Gasteiger partial charge in [0.2, 0.25) is 0 Å². The summed E-state index contributed by atoms with van der Waals surface area (Å²) in [6.45, 7) is 0. The van der Waals surface area contributed by atoms with Gasteiger partial charge in [0.05, 0.1) is 23.4 Å². The Morgan fingerprint density at radius 2 is 1.93 bits per heavy atom. The monoisotopic (exact) mass is 418 g/mol. The maximum absolute atomic E-state index is 11.4. The van der Waals surface area contributed by atoms with Crippen molar-refractivity contribution < 1.29 is 14.3 Å². The molecule has 5 heteroatoms. The molecule has 0 N–H and O–H groups in total. The van der Waals surface area contributed by atoms with Gasteiger partial charge in [0.1, 0.15) is 5.75 Å². The number of carbonyl (C=O) groups is 1. The van der Waals surface area contributed by atoms with Crippen LogP contribution in [0.2, 0.25) is 0 Å². The van der Waals surface area contributed by atoms with Gasteiger partial charge in [0, 0.05) is 3.57 Å². The van der Waals surface area contributed by atoms with E-state index < -0.39 is 0 Å². The van der Waals surface area contributed by atoms with Crippen molar-refractivity contribution in [2.24, 2.45) is 0 Å². The van der Waals surface area contributed by atoms with Gasteiger partial charge in [-0.05, 0) is 57.3 Å². The van der Waals surface area contributed by atoms with E-state index in [2.05, 4.69) is 49.9 Å². The second-order valence-corrected chi connectivity index (χ2v) is 4.79. The van der Waals surface area contributed by atoms with E-state index in [0.29, 0.717) is 11.3 Å². The molecule has 0 radical (unpaired) electrons. The van der Waals surface area contributed by atoms with Crippen LogP contribution in [0.15, 0.2) is 12.1 Å². The highest BCUT2D eigenvalue weighted by Crippen LogP contribution is 2.27. The molecule has 0 atom stereocenters. The highest BCUT2D eigenvalue weighted by molar-refractivity contribution is 14.1. The molecule has 0 aromatic heterocycles. The Labute approximate surface area is 109 Å². The molecule has 0 heterocycles. The van der Waals surface area contributed by atoms with Gasteiger partial charge in [0.25, 0.3) is 0 Å². The first kappa shape index (κ1) is 12.0. The minimum absolute atomic E-state index is 0.341. The van der Waals surface area contributed by atoms with Crippen molar-refractivity contribution in [1.82, 2.24) is 0 Å². The molecule has 0 bridgehead atoms. The first-order valence-corrected chi connectivity index (χ1v) is 5.87. The van der Waals surface area contributed by atoms with Crippen molar-refractivity contribution in [3.63, 3.8) is 0 Å². The topological polar surface area (TPSA) is 35.5 Å². The Bertz CT molecular complexity index is 363. The fourth-order valence-electron chi connectivity index (χ4n) is 0.971. The molecule has 1 rings (SSSR count). The first-order valence-electron chi connectivity index (χ1n) is 3.71. The first-order chi connectivity index (χ1) is 6.60. The lowest BCUT2D eigenvalue weighted by molar-refractivity contribution is 0.0599. The van der Waals surface area contributed by atoms with Crippen LogP contribution in [0.4, 0.5) is 0 Å². The summed E-state index contributed by atoms with van der Waals surface area (Å²) in [4.78, 5) is 11.4. The standard InChI is InChI=1S/C9H8I2O3/c1-13-7-4-5(10)3-6(8(7)11)9(12)14-2/h3-4H,1-2H3. The van der Waals surface area contributed by atoms with Gasteiger partial charge in [-0.25, -0.2) is 4.79 Å². The van der Waals surface area contributed by atoms with Crippen molar-refractivity contribution in [2.45, 2.75) is 0 Å². The fraction of sp³-hybridized carbons (Fsp3) is 0.222. The van der Waals surface area contributed by atoms with E-state index in [4.69, 9.17) is 4.74 Å². The summed E-state index contributed by atoms with van der Waals surface area (Å²) in [6.07, 6.45) is 0. The summed E-state index contributed by atoms with van der Waals surface area (Å²) >= 11 is 4.20. The van der Waals surface area contributed by atoms with Gasteiger partial charge in [-0.2, -0.15) is 0 Å². The zero-order valence-electron chi connectivity index (χ0n) is 7.64. The van der Waals surface area contributed by atoms with Crippen molar-refractivity contribution in [3.8, 4) is 5.75 Å². The Hall–Kier alpha value is -0.0500. The number of ether oxygens (including phenoxy) is 2. The van der Waals surface area contributed by atoms with E-state index in [0.717, 1.165) is 7.14 Å². The average molecular weight is 418 g/mol. The van der Waals surface area contributed by atoms with Gasteiger partial charge in [-0.1, -0.05) is 0 Å². The largest absolute Gasteiger partial charge is 0.496 e. The van der Waals surface area contributed by atoms with Gasteiger partial charge >= 0.3 is 5.97 Å². The predicted octanol–water partition coefficient (Wildman–Crippen LogP) is 2.69. The summed E-state index contributed by atoms with van der Waals surface area (Å²) in [5.41, 5.74) is 0.539. The van der Waals surface area contributed by atoms with Crippen LogP contribution in [-0.4, -0.2) is 20.2 Å². The lowest BCUT2D eigenvalue weighted by Crippen LogP contribution is -2.05. The normalized spacial score (nSPS) is 9.71. The number of benzene rings is 1. The number of esters is 1. The summed E-state index contributed by atoms with van der Waals surface area (Å²) in [5.74, 6) is 0.351. The molecule has 0 saturated carbocycles. The molecule has 0 fully saturated rings. The zero-order chi connectivity index (χ0) is 10.7. The smallest absolute Gasteiger partial charge is 0.339 e. The molecule has 3 nitrogen and oxygen atoms in total. The maximum atomic E-state index is 11.4. The Morgan fingerprint density at radius 3 is 2.43 bits per heavy atom. The van der Waals surface area contributed by atoms with E-state index in [-0.39, 0.29) is 5.97 Å². The second kappa shape index (κ2) is 5.15. The van der Waals surface area contributed by atoms with E-state index >= 15 is 0 Å². The van der Waals surface area contributed by atoms with Crippen LogP contribution >= 0.6 is 45.2 Å². The van der Waals surface area contributed by atoms with Crippen molar-refractivity contribution in [1.29, 1.82) is 0 Å². The van der Waals surface area contributed by atoms with Crippen molar-refractivity contribution >= 4 is 51.2 Å². The number of carbonyl (C=O) groups excluding carboxylic acids is 1. The van der Waals surface area contributed by atoms with Crippen LogP contribution < -0.4 is 4.74 Å². The summed E-state index contributed by atoms with van der Waals surface area (Å²) in [5, 5.41) is 0. The molecule has 1 aromatic rings. The lowest BCUT2D eigenvalue weighted by atomic mass is 10.2. The number of methoxy groups -OCH3 is 2. The Kier molecular flexibility index (Phi) is 4.42. The quantitative estimate of drug-likeness (QED) is 0.548. The van der Waals surface area contributed by atoms with Crippen molar-refractivity contribution in [2.75, 3.05) is 14.2 Å². The minimum atomic E-state index is -0.341. The molecule has 0 aliphatic rings. The average Bonchev–Trinajstić information content (AvgIpc) is 2.19. The summed E-state index contributed by atoms with van der Waals surface area (Å²) in [7, 11) is 2.94. The third-order valence-electron chi connectivity index (χ3n) is 1.63. The Morgan fingerprint density at radius 1 is 1.29 bits per heavy atom. The number of hydrogen-bond donors (Lipinski definition) is 0. The fourth-order valence-corrected chi connectivity index (χ4v) is 2.32. The molecule has 0 aliphatic heterocycles. The molecule has 0 saturated heterocycles. The summed E-state index contributed by atoms with van der Waals surface area (Å²) in [6, 6.07) is 3.64. The highest BCUT2D eigenvalue weighted by atomic mass is 127. The molecule has 14 heavy (non-hydrogen) atoms. The Balaban J connectivity index is 3.29. The van der Waals surface area contributed by atoms with Crippen LogP contribution in [0.3, 0.4) is 0 Å². The predicted molar refractivity (Wildman–Crippen MR) is 69.8 cm³/mol. The third kappa shape index (κ3) is 2.50. The van der Waals surface area contributed by atoms with Crippen LogP contribution in [0.1, 0.15) is 10.4 Å². The SMILES string of the molecule is COC(=O)c1cc(I)cc(OC)c1I. The molecule has 76 valence electrons. The van der Waals surface area contributed by atoms with Crippen LogP contribution in [0.25, 0.3) is 0 Å². The molecule has 1 aromatic carbocycles. The lowest BCUT2D eigenvalue weighted by Gasteiger charge is -2.08. The third-order valence-corrected chi connectivity index (χ3v) is 3.36. The number of halogens is 2. The van der Waals surface area contributed by atoms with E-state index in [1.165, 1.54) is 7.11 Å². The molecule has 0 aliphatic carbocycles. The van der Waals surface area contributed by atoms with Gasteiger partial charge < -0.3 is 9.47 Å². The molecule has 0 unspecified atom stereocenters. The van der Waals surface area contributed by atoms with E-state index in [9.17, 15) is 4.79 Å². The van der Waals surface area contributed by atoms with Crippen LogP contribution in [0, 0.1) is 7.14 Å². The molecular weight excluding hydrogens is 410 g/mol. The van der Waals surface area contributed by atoms with Gasteiger partial charge in [0.15, 0.2) is 0 Å². The van der Waals surface area contributed by atoms with Gasteiger partial charge in [-0.3, -0.25) is 0 Å². The van der Waals surface area contributed by atoms with E-state index in [1.54, 1.807) is 13.2 Å². The van der Waals surface area contributed by atoms with Crippen LogP contribution in [-0.2, 0) is 4.74 Å². The van der Waals surface area contributed by atoms with Crippen molar-refractivity contribution in [3.05, 3.63) is 24.8 Å². The maximum Gasteiger partial charge on any atom is 0.339 e. The zero-order valence-corrected chi connectivity index (χ0v) is 12.0. The second-order valence-electron chi connectivity index (χ2n) is 2.46. The summed E-state index contributed by atoms with van der Waals surface area (Å²) < 4.78 is 11.5. The number of hydrogen-bond acceptors (Lipinski definition) is 3. The number of rotatable bonds is 2. The van der Waals surface area contributed by atoms with E-state index in [1.807, 2.05) is 6.07 Å². The minimum Gasteiger partial charge on any atom is -0.496 e. The van der Waals surface area contributed by atoms with Gasteiger partial charge in [-0.15, -0.1) is 0 Å².